The highest BCUT2D eigenvalue weighted by Gasteiger charge is 2.37. The third-order valence-corrected chi connectivity index (χ3v) is 4.74. The van der Waals surface area contributed by atoms with Gasteiger partial charge in [0.25, 0.3) is 11.8 Å². The van der Waals surface area contributed by atoms with Gasteiger partial charge in [0, 0.05) is 6.54 Å². The van der Waals surface area contributed by atoms with Crippen LogP contribution in [0.15, 0.2) is 12.1 Å². The van der Waals surface area contributed by atoms with Crippen molar-refractivity contribution in [1.82, 2.24) is 9.80 Å². The lowest BCUT2D eigenvalue weighted by molar-refractivity contribution is 0.0541. The van der Waals surface area contributed by atoms with E-state index in [0.29, 0.717) is 33.8 Å². The van der Waals surface area contributed by atoms with Crippen molar-refractivity contribution in [1.29, 1.82) is 0 Å². The maximum absolute atomic E-state index is 12.4. The summed E-state index contributed by atoms with van der Waals surface area (Å²) in [5.41, 5.74) is 0.689. The molecule has 21 heavy (non-hydrogen) atoms. The standard InChI is InChI=1S/C15H16Cl2N2O2/c1-2-18(7-9-3-4-9)8-19-14(20)10-5-12(16)13(17)6-11(10)15(19)21/h5-6,9H,2-4,7-8H2,1H3. The molecule has 3 rings (SSSR count). The van der Waals surface area contributed by atoms with E-state index in [0.717, 1.165) is 13.1 Å². The Kier molecular flexibility index (Phi) is 3.95. The van der Waals surface area contributed by atoms with Crippen LogP contribution in [0.5, 0.6) is 0 Å². The topological polar surface area (TPSA) is 40.6 Å². The molecule has 6 heteroatoms. The van der Waals surface area contributed by atoms with E-state index < -0.39 is 0 Å². The van der Waals surface area contributed by atoms with Crippen molar-refractivity contribution >= 4 is 35.0 Å². The minimum atomic E-state index is -0.289. The molecule has 0 bridgehead atoms. The van der Waals surface area contributed by atoms with Crippen molar-refractivity contribution in [3.8, 4) is 0 Å². The average molecular weight is 327 g/mol. The monoisotopic (exact) mass is 326 g/mol. The maximum Gasteiger partial charge on any atom is 0.262 e. The number of carbonyl (C=O) groups excluding carboxylic acids is 2. The van der Waals surface area contributed by atoms with Gasteiger partial charge in [-0.15, -0.1) is 0 Å². The molecular formula is C15H16Cl2N2O2. The van der Waals surface area contributed by atoms with E-state index in [9.17, 15) is 9.59 Å². The van der Waals surface area contributed by atoms with E-state index in [-0.39, 0.29) is 11.8 Å². The van der Waals surface area contributed by atoms with Crippen molar-refractivity contribution in [3.63, 3.8) is 0 Å². The highest BCUT2D eigenvalue weighted by molar-refractivity contribution is 6.43. The molecule has 112 valence electrons. The summed E-state index contributed by atoms with van der Waals surface area (Å²) in [6.07, 6.45) is 2.48. The van der Waals surface area contributed by atoms with Crippen LogP contribution in [0, 0.1) is 5.92 Å². The second-order valence-corrected chi connectivity index (χ2v) is 6.42. The molecule has 1 aromatic rings. The molecule has 0 atom stereocenters. The summed E-state index contributed by atoms with van der Waals surface area (Å²) >= 11 is 11.9. The summed E-state index contributed by atoms with van der Waals surface area (Å²) in [5.74, 6) is 0.134. The Balaban J connectivity index is 1.81. The van der Waals surface area contributed by atoms with E-state index in [4.69, 9.17) is 23.2 Å². The Hall–Kier alpha value is -1.10. The highest BCUT2D eigenvalue weighted by Crippen LogP contribution is 2.33. The minimum Gasteiger partial charge on any atom is -0.286 e. The van der Waals surface area contributed by atoms with Crippen molar-refractivity contribution in [2.45, 2.75) is 19.8 Å². The Labute approximate surface area is 133 Å². The maximum atomic E-state index is 12.4. The van der Waals surface area contributed by atoms with Gasteiger partial charge in [0.1, 0.15) is 0 Å². The van der Waals surface area contributed by atoms with E-state index in [1.165, 1.54) is 29.9 Å². The van der Waals surface area contributed by atoms with Crippen LogP contribution in [0.1, 0.15) is 40.5 Å². The quantitative estimate of drug-likeness (QED) is 0.779. The average Bonchev–Trinajstić information content (AvgIpc) is 3.24. The first kappa shape index (κ1) is 14.8. The molecule has 0 unspecified atom stereocenters. The van der Waals surface area contributed by atoms with E-state index in [1.54, 1.807) is 0 Å². The number of carbonyl (C=O) groups is 2. The van der Waals surface area contributed by atoms with Crippen molar-refractivity contribution in [2.24, 2.45) is 5.92 Å². The lowest BCUT2D eigenvalue weighted by Crippen LogP contribution is -2.42. The second-order valence-electron chi connectivity index (χ2n) is 5.60. The lowest BCUT2D eigenvalue weighted by Gasteiger charge is -2.25. The van der Waals surface area contributed by atoms with E-state index >= 15 is 0 Å². The molecule has 1 aliphatic carbocycles. The van der Waals surface area contributed by atoms with Crippen LogP contribution in [0.25, 0.3) is 0 Å². The van der Waals surface area contributed by atoms with Crippen molar-refractivity contribution < 1.29 is 9.59 Å². The van der Waals surface area contributed by atoms with Gasteiger partial charge in [0.05, 0.1) is 27.8 Å². The van der Waals surface area contributed by atoms with Gasteiger partial charge in [-0.1, -0.05) is 30.1 Å². The first-order valence-corrected chi connectivity index (χ1v) is 7.84. The van der Waals surface area contributed by atoms with Gasteiger partial charge in [-0.2, -0.15) is 0 Å². The number of hydrogen-bond donors (Lipinski definition) is 0. The summed E-state index contributed by atoms with van der Waals surface area (Å²) in [7, 11) is 0. The second kappa shape index (κ2) is 5.59. The van der Waals surface area contributed by atoms with Gasteiger partial charge in [-0.3, -0.25) is 19.4 Å². The molecule has 1 aliphatic heterocycles. The van der Waals surface area contributed by atoms with E-state index in [1.807, 2.05) is 6.92 Å². The molecule has 0 N–H and O–H groups in total. The smallest absolute Gasteiger partial charge is 0.262 e. The fourth-order valence-corrected chi connectivity index (χ4v) is 2.89. The lowest BCUT2D eigenvalue weighted by atomic mass is 10.1. The van der Waals surface area contributed by atoms with Crippen molar-refractivity contribution in [2.75, 3.05) is 19.8 Å². The molecule has 1 aromatic carbocycles. The summed E-state index contributed by atoms with van der Waals surface area (Å²) in [6.45, 7) is 4.11. The van der Waals surface area contributed by atoms with Crippen LogP contribution in [0.2, 0.25) is 10.0 Å². The number of nitrogens with zero attached hydrogens (tertiary/aromatic N) is 2. The number of fused-ring (bicyclic) bond motifs is 1. The first-order valence-electron chi connectivity index (χ1n) is 7.08. The number of halogens is 2. The molecule has 0 spiro atoms. The summed E-state index contributed by atoms with van der Waals surface area (Å²) < 4.78 is 0. The molecular weight excluding hydrogens is 311 g/mol. The van der Waals surface area contributed by atoms with Gasteiger partial charge >= 0.3 is 0 Å². The number of hydrogen-bond acceptors (Lipinski definition) is 3. The predicted molar refractivity (Wildman–Crippen MR) is 81.8 cm³/mol. The van der Waals surface area contributed by atoms with Crippen LogP contribution in [0.3, 0.4) is 0 Å². The van der Waals surface area contributed by atoms with Crippen LogP contribution in [-0.4, -0.2) is 41.4 Å². The Morgan fingerprint density at radius 2 is 1.67 bits per heavy atom. The van der Waals surface area contributed by atoms with E-state index in [2.05, 4.69) is 4.90 Å². The SMILES string of the molecule is CCN(CC1CC1)CN1C(=O)c2cc(Cl)c(Cl)cc2C1=O. The summed E-state index contributed by atoms with van der Waals surface area (Å²) in [4.78, 5) is 28.2. The highest BCUT2D eigenvalue weighted by atomic mass is 35.5. The molecule has 0 aromatic heterocycles. The molecule has 1 fully saturated rings. The molecule has 2 amide bonds. The molecule has 2 aliphatic rings. The fourth-order valence-electron chi connectivity index (χ4n) is 2.56. The zero-order chi connectivity index (χ0) is 15.1. The van der Waals surface area contributed by atoms with Crippen LogP contribution < -0.4 is 0 Å². The molecule has 1 heterocycles. The number of benzene rings is 1. The molecule has 0 saturated heterocycles. The third-order valence-electron chi connectivity index (χ3n) is 4.01. The minimum absolute atomic E-state index is 0.289. The molecule has 1 saturated carbocycles. The summed E-state index contributed by atoms with van der Waals surface area (Å²) in [5, 5.41) is 0.590. The zero-order valence-corrected chi connectivity index (χ0v) is 13.2. The third kappa shape index (κ3) is 2.80. The molecule has 4 nitrogen and oxygen atoms in total. The largest absolute Gasteiger partial charge is 0.286 e. The predicted octanol–water partition coefficient (Wildman–Crippen LogP) is 3.28. The zero-order valence-electron chi connectivity index (χ0n) is 11.7. The van der Waals surface area contributed by atoms with Gasteiger partial charge in [0.15, 0.2) is 0 Å². The Morgan fingerprint density at radius 3 is 2.10 bits per heavy atom. The van der Waals surface area contributed by atoms with Gasteiger partial charge < -0.3 is 0 Å². The van der Waals surface area contributed by atoms with Gasteiger partial charge in [0.2, 0.25) is 0 Å². The number of rotatable bonds is 5. The first-order chi connectivity index (χ1) is 10.0. The Bertz CT molecular complexity index is 573. The number of amides is 2. The fraction of sp³-hybridized carbons (Fsp3) is 0.467. The molecule has 0 radical (unpaired) electrons. The van der Waals surface area contributed by atoms with Gasteiger partial charge in [-0.25, -0.2) is 0 Å². The van der Waals surface area contributed by atoms with Crippen LogP contribution in [0.4, 0.5) is 0 Å². The summed E-state index contributed by atoms with van der Waals surface area (Å²) in [6, 6.07) is 2.97. The normalized spacial score (nSPS) is 17.8. The number of imide groups is 1. The Morgan fingerprint density at radius 1 is 1.14 bits per heavy atom. The van der Waals surface area contributed by atoms with Crippen molar-refractivity contribution in [3.05, 3.63) is 33.3 Å². The van der Waals surface area contributed by atoms with Crippen LogP contribution in [-0.2, 0) is 0 Å². The van der Waals surface area contributed by atoms with Crippen LogP contribution >= 0.6 is 23.2 Å². The van der Waals surface area contributed by atoms with Gasteiger partial charge in [-0.05, 0) is 37.4 Å².